The molecule has 36 heavy (non-hydrogen) atoms. The van der Waals surface area contributed by atoms with Gasteiger partial charge in [-0.05, 0) is 25.0 Å². The fraction of sp³-hybridized carbons (Fsp3) is 0.522. The van der Waals surface area contributed by atoms with Gasteiger partial charge in [0.2, 0.25) is 12.2 Å². The summed E-state index contributed by atoms with van der Waals surface area (Å²) in [4.78, 5) is 58.7. The third-order valence-electron chi connectivity index (χ3n) is 5.45. The highest BCUT2D eigenvalue weighted by molar-refractivity contribution is 7.16. The Hall–Kier alpha value is -3.45. The van der Waals surface area contributed by atoms with Crippen LogP contribution in [0.4, 0.5) is 0 Å². The lowest BCUT2D eigenvalue weighted by Crippen LogP contribution is -2.67. The second-order valence-corrected chi connectivity index (χ2v) is 9.22. The first-order valence-electron chi connectivity index (χ1n) is 11.0. The lowest BCUT2D eigenvalue weighted by atomic mass is 9.96. The largest absolute Gasteiger partial charge is 0.463 e. The van der Waals surface area contributed by atoms with Crippen molar-refractivity contribution in [2.24, 2.45) is 0 Å². The Kier molecular flexibility index (Phi) is 8.35. The van der Waals surface area contributed by atoms with Gasteiger partial charge in [-0.1, -0.05) is 11.3 Å². The second kappa shape index (κ2) is 11.1. The molecule has 1 N–H and O–H groups in total. The first-order valence-corrected chi connectivity index (χ1v) is 11.8. The van der Waals surface area contributed by atoms with E-state index in [2.05, 4.69) is 5.32 Å². The molecule has 5 unspecified atom stereocenters. The molecule has 0 aliphatic carbocycles. The van der Waals surface area contributed by atoms with E-state index in [1.54, 1.807) is 19.9 Å². The third kappa shape index (κ3) is 6.21. The van der Waals surface area contributed by atoms with Crippen molar-refractivity contribution in [1.82, 2.24) is 5.32 Å². The van der Waals surface area contributed by atoms with Gasteiger partial charge in [0, 0.05) is 33.8 Å². The Bertz CT molecular complexity index is 1230. The highest BCUT2D eigenvalue weighted by atomic mass is 32.1. The van der Waals surface area contributed by atoms with Gasteiger partial charge in [-0.3, -0.25) is 19.2 Å². The highest BCUT2D eigenvalue weighted by Gasteiger charge is 2.52. The van der Waals surface area contributed by atoms with Crippen molar-refractivity contribution < 1.29 is 47.3 Å². The molecule has 1 aromatic heterocycles. The van der Waals surface area contributed by atoms with Crippen LogP contribution in [0, 0.1) is 13.8 Å². The summed E-state index contributed by atoms with van der Waals surface area (Å²) in [5.74, 6) is -2.21. The van der Waals surface area contributed by atoms with E-state index in [-0.39, 0.29) is 6.61 Å². The second-order valence-electron chi connectivity index (χ2n) is 8.24. The Morgan fingerprint density at radius 1 is 0.972 bits per heavy atom. The first kappa shape index (κ1) is 27.1. The number of carbonyl (C=O) groups is 4. The fourth-order valence-corrected chi connectivity index (χ4v) is 4.63. The summed E-state index contributed by atoms with van der Waals surface area (Å²) < 4.78 is 33.9. The number of hydrogen-bond donors (Lipinski definition) is 1. The predicted octanol–water partition coefficient (Wildman–Crippen LogP) is 1.51. The van der Waals surface area contributed by atoms with Crippen LogP contribution in [0.5, 0.6) is 5.75 Å². The van der Waals surface area contributed by atoms with Crippen LogP contribution < -0.4 is 15.0 Å². The minimum Gasteiger partial charge on any atom is -0.463 e. The molecule has 1 amide bonds. The summed E-state index contributed by atoms with van der Waals surface area (Å²) in [5, 5.41) is 2.64. The Morgan fingerprint density at radius 2 is 1.61 bits per heavy atom. The molecule has 0 radical (unpaired) electrons. The zero-order chi connectivity index (χ0) is 26.7. The van der Waals surface area contributed by atoms with E-state index in [0.29, 0.717) is 27.2 Å². The van der Waals surface area contributed by atoms with Crippen molar-refractivity contribution in [3.63, 3.8) is 0 Å². The topological polar surface area (TPSA) is 157 Å². The summed E-state index contributed by atoms with van der Waals surface area (Å²) in [5.41, 5.74) is 1.73. The molecule has 2 aromatic rings. The van der Waals surface area contributed by atoms with Gasteiger partial charge in [0.15, 0.2) is 17.8 Å². The molecule has 2 heterocycles. The molecule has 1 aromatic carbocycles. The van der Waals surface area contributed by atoms with Crippen molar-refractivity contribution in [3.05, 3.63) is 26.9 Å². The summed E-state index contributed by atoms with van der Waals surface area (Å²) >= 11 is 0.894. The van der Waals surface area contributed by atoms with Crippen LogP contribution >= 0.6 is 11.3 Å². The van der Waals surface area contributed by atoms with Crippen LogP contribution in [0.3, 0.4) is 0 Å². The van der Waals surface area contributed by atoms with Crippen molar-refractivity contribution in [2.45, 2.75) is 72.2 Å². The van der Waals surface area contributed by atoms with Gasteiger partial charge in [-0.15, -0.1) is 0 Å². The Labute approximate surface area is 209 Å². The molecule has 0 saturated carbocycles. The van der Waals surface area contributed by atoms with E-state index < -0.39 is 59.4 Å². The molecule has 3 rings (SSSR count). The standard InChI is InChI=1S/C23H27NO11S/c1-9-10(2)19-17(36-23(29)35-19)7-15(9)33-22-18(24-11(3)25)21(32-14(6)28)20(31-13(5)27)16(34-22)8-30-12(4)26/h7,16,18,20-22H,8H2,1-6H3,(H,24,25). The number of amides is 1. The molecule has 0 spiro atoms. The zero-order valence-electron chi connectivity index (χ0n) is 20.6. The maximum Gasteiger partial charge on any atom is 0.396 e. The molecule has 196 valence electrons. The number of benzene rings is 1. The van der Waals surface area contributed by atoms with E-state index in [0.717, 1.165) is 25.2 Å². The Balaban J connectivity index is 2.07. The molecule has 1 aliphatic rings. The smallest absolute Gasteiger partial charge is 0.396 e. The lowest BCUT2D eigenvalue weighted by Gasteiger charge is -2.44. The average Bonchev–Trinajstić information content (AvgIpc) is 3.13. The van der Waals surface area contributed by atoms with Crippen LogP contribution in [0.25, 0.3) is 10.3 Å². The molecule has 1 aliphatic heterocycles. The van der Waals surface area contributed by atoms with Gasteiger partial charge < -0.3 is 33.4 Å². The van der Waals surface area contributed by atoms with Gasteiger partial charge in [0.1, 0.15) is 24.5 Å². The fourth-order valence-electron chi connectivity index (χ4n) is 3.87. The van der Waals surface area contributed by atoms with Crippen LogP contribution in [-0.2, 0) is 38.1 Å². The van der Waals surface area contributed by atoms with E-state index in [1.807, 2.05) is 0 Å². The molecular formula is C23H27NO11S. The number of hydrogen-bond acceptors (Lipinski definition) is 12. The van der Waals surface area contributed by atoms with Crippen molar-refractivity contribution in [1.29, 1.82) is 0 Å². The van der Waals surface area contributed by atoms with Crippen LogP contribution in [-0.4, -0.2) is 61.1 Å². The SMILES string of the molecule is CC(=O)NC1C(Oc2cc3sc(=O)oc3c(C)c2C)OC(COC(C)=O)C(OC(C)=O)C1OC(C)=O. The summed E-state index contributed by atoms with van der Waals surface area (Å²) in [6, 6.07) is 0.476. The normalized spacial score (nSPS) is 23.6. The van der Waals surface area contributed by atoms with Crippen molar-refractivity contribution in [3.8, 4) is 5.75 Å². The number of ether oxygens (including phenoxy) is 5. The van der Waals surface area contributed by atoms with Gasteiger partial charge in [-0.25, -0.2) is 4.79 Å². The van der Waals surface area contributed by atoms with E-state index >= 15 is 0 Å². The number of carbonyl (C=O) groups excluding carboxylic acids is 4. The maximum absolute atomic E-state index is 12.1. The monoisotopic (exact) mass is 525 g/mol. The predicted molar refractivity (Wildman–Crippen MR) is 124 cm³/mol. The Morgan fingerprint density at radius 3 is 2.19 bits per heavy atom. The molecule has 1 saturated heterocycles. The van der Waals surface area contributed by atoms with Gasteiger partial charge in [-0.2, -0.15) is 0 Å². The van der Waals surface area contributed by atoms with Crippen LogP contribution in [0.1, 0.15) is 38.8 Å². The third-order valence-corrected chi connectivity index (χ3v) is 6.22. The molecule has 12 nitrogen and oxygen atoms in total. The van der Waals surface area contributed by atoms with E-state index in [9.17, 15) is 24.0 Å². The molecular weight excluding hydrogens is 498 g/mol. The minimum absolute atomic E-state index is 0.316. The molecule has 5 atom stereocenters. The van der Waals surface area contributed by atoms with Gasteiger partial charge in [0.05, 0.1) is 4.70 Å². The number of rotatable bonds is 7. The molecule has 13 heteroatoms. The average molecular weight is 526 g/mol. The van der Waals surface area contributed by atoms with Crippen molar-refractivity contribution in [2.75, 3.05) is 6.61 Å². The van der Waals surface area contributed by atoms with Crippen molar-refractivity contribution >= 4 is 45.4 Å². The van der Waals surface area contributed by atoms with Crippen LogP contribution in [0.2, 0.25) is 0 Å². The minimum atomic E-state index is -1.27. The molecule has 0 bridgehead atoms. The summed E-state index contributed by atoms with van der Waals surface area (Å²) in [7, 11) is 0. The lowest BCUT2D eigenvalue weighted by molar-refractivity contribution is -0.257. The number of fused-ring (bicyclic) bond motifs is 1. The summed E-state index contributed by atoms with van der Waals surface area (Å²) in [6.07, 6.45) is -4.85. The zero-order valence-corrected chi connectivity index (χ0v) is 21.4. The number of nitrogens with one attached hydrogen (secondary N) is 1. The maximum atomic E-state index is 12.1. The van der Waals surface area contributed by atoms with Crippen LogP contribution in [0.15, 0.2) is 15.3 Å². The number of esters is 3. The first-order chi connectivity index (χ1) is 16.9. The van der Waals surface area contributed by atoms with E-state index in [1.165, 1.54) is 13.8 Å². The van der Waals surface area contributed by atoms with Gasteiger partial charge in [0.25, 0.3) is 0 Å². The van der Waals surface area contributed by atoms with Gasteiger partial charge >= 0.3 is 22.8 Å². The van der Waals surface area contributed by atoms with E-state index in [4.69, 9.17) is 28.1 Å². The summed E-state index contributed by atoms with van der Waals surface area (Å²) in [6.45, 7) is 7.91. The number of aryl methyl sites for hydroxylation is 1. The quantitative estimate of drug-likeness (QED) is 0.413. The highest BCUT2D eigenvalue weighted by Crippen LogP contribution is 2.35. The molecule has 1 fully saturated rings.